The third-order valence-electron chi connectivity index (χ3n) is 3.34. The molecule has 0 spiro atoms. The minimum absolute atomic E-state index is 0.0622. The summed E-state index contributed by atoms with van der Waals surface area (Å²) in [6.07, 6.45) is 1.28. The maximum atomic E-state index is 12.5. The summed E-state index contributed by atoms with van der Waals surface area (Å²) >= 11 is 11.9. The molecule has 2 rings (SSSR count). The molecule has 0 atom stereocenters. The van der Waals surface area contributed by atoms with Crippen LogP contribution in [0.25, 0.3) is 6.08 Å². The molecular weight excluding hydrogens is 413 g/mol. The average molecular weight is 427 g/mol. The number of amides is 1. The number of rotatable bonds is 7. The molecule has 0 aromatic heterocycles. The molecule has 0 heterocycles. The number of hydrogen-bond acceptors (Lipinski definition) is 4. The van der Waals surface area contributed by atoms with E-state index >= 15 is 0 Å². The van der Waals surface area contributed by atoms with E-state index in [1.165, 1.54) is 36.4 Å². The third-order valence-corrected chi connectivity index (χ3v) is 3.90. The number of nitriles is 1. The Morgan fingerprint density at radius 1 is 1.25 bits per heavy atom. The van der Waals surface area contributed by atoms with E-state index in [9.17, 15) is 18.8 Å². The van der Waals surface area contributed by atoms with Crippen LogP contribution in [0.15, 0.2) is 42.0 Å². The minimum atomic E-state index is -3.01. The molecule has 0 saturated carbocycles. The van der Waals surface area contributed by atoms with Gasteiger partial charge in [0.25, 0.3) is 5.91 Å². The summed E-state index contributed by atoms with van der Waals surface area (Å²) in [5.41, 5.74) is 0.394. The summed E-state index contributed by atoms with van der Waals surface area (Å²) in [5, 5.41) is 12.4. The van der Waals surface area contributed by atoms with Crippen LogP contribution in [-0.2, 0) is 4.79 Å². The molecule has 0 radical (unpaired) electrons. The number of hydrogen-bond donors (Lipinski definition) is 1. The van der Waals surface area contributed by atoms with Gasteiger partial charge in [-0.1, -0.05) is 29.3 Å². The summed E-state index contributed by atoms with van der Waals surface area (Å²) in [6, 6.07) is 10.4. The van der Waals surface area contributed by atoms with Crippen molar-refractivity contribution in [1.82, 2.24) is 0 Å². The van der Waals surface area contributed by atoms with Gasteiger partial charge >= 0.3 is 6.61 Å². The van der Waals surface area contributed by atoms with Crippen LogP contribution in [0.5, 0.6) is 11.5 Å². The molecule has 0 aliphatic heterocycles. The maximum absolute atomic E-state index is 12.5. The predicted octanol–water partition coefficient (Wildman–Crippen LogP) is 5.54. The highest BCUT2D eigenvalue weighted by molar-refractivity contribution is 6.36. The van der Waals surface area contributed by atoms with Crippen molar-refractivity contribution in [2.24, 2.45) is 0 Å². The van der Waals surface area contributed by atoms with E-state index in [-0.39, 0.29) is 34.4 Å². The van der Waals surface area contributed by atoms with Gasteiger partial charge in [0.15, 0.2) is 11.5 Å². The van der Waals surface area contributed by atoms with Gasteiger partial charge in [-0.2, -0.15) is 14.0 Å². The topological polar surface area (TPSA) is 71.3 Å². The summed E-state index contributed by atoms with van der Waals surface area (Å²) in [7, 11) is 0. The lowest BCUT2D eigenvalue weighted by molar-refractivity contribution is -0.112. The molecule has 0 bridgehead atoms. The van der Waals surface area contributed by atoms with Crippen molar-refractivity contribution in [2.45, 2.75) is 13.5 Å². The number of carbonyl (C=O) groups is 1. The van der Waals surface area contributed by atoms with Gasteiger partial charge < -0.3 is 14.8 Å². The molecule has 1 N–H and O–H groups in total. The normalized spacial score (nSPS) is 11.1. The molecular formula is C19H14Cl2F2N2O3. The second-order valence-corrected chi connectivity index (χ2v) is 6.11. The van der Waals surface area contributed by atoms with Crippen LogP contribution in [0.4, 0.5) is 14.5 Å². The Balaban J connectivity index is 2.30. The molecule has 0 aliphatic carbocycles. The van der Waals surface area contributed by atoms with Gasteiger partial charge in [-0.15, -0.1) is 0 Å². The molecule has 1 amide bonds. The largest absolute Gasteiger partial charge is 0.490 e. The van der Waals surface area contributed by atoms with E-state index in [4.69, 9.17) is 27.9 Å². The monoisotopic (exact) mass is 426 g/mol. The predicted molar refractivity (Wildman–Crippen MR) is 103 cm³/mol. The van der Waals surface area contributed by atoms with E-state index in [1.54, 1.807) is 19.1 Å². The van der Waals surface area contributed by atoms with Crippen molar-refractivity contribution in [1.29, 1.82) is 5.26 Å². The first kappa shape index (κ1) is 21.5. The van der Waals surface area contributed by atoms with E-state index < -0.39 is 12.5 Å². The highest BCUT2D eigenvalue weighted by atomic mass is 35.5. The quantitative estimate of drug-likeness (QED) is 0.465. The third kappa shape index (κ3) is 5.84. The molecule has 2 aromatic rings. The molecule has 2 aromatic carbocycles. The number of ether oxygens (including phenoxy) is 2. The van der Waals surface area contributed by atoms with Gasteiger partial charge in [-0.05, 0) is 48.9 Å². The number of carbonyl (C=O) groups excluding carboxylic acids is 1. The van der Waals surface area contributed by atoms with Gasteiger partial charge in [0.2, 0.25) is 0 Å². The van der Waals surface area contributed by atoms with Crippen LogP contribution in [0.1, 0.15) is 12.5 Å². The van der Waals surface area contributed by atoms with Crippen molar-refractivity contribution < 1.29 is 23.0 Å². The van der Waals surface area contributed by atoms with E-state index in [1.807, 2.05) is 0 Å². The molecule has 0 unspecified atom stereocenters. The maximum Gasteiger partial charge on any atom is 0.387 e. The van der Waals surface area contributed by atoms with Gasteiger partial charge in [-0.25, -0.2) is 0 Å². The first-order chi connectivity index (χ1) is 13.3. The zero-order chi connectivity index (χ0) is 20.7. The molecule has 0 saturated heterocycles. The fourth-order valence-electron chi connectivity index (χ4n) is 2.17. The lowest BCUT2D eigenvalue weighted by Crippen LogP contribution is -2.13. The van der Waals surface area contributed by atoms with Crippen molar-refractivity contribution in [3.8, 4) is 17.6 Å². The average Bonchev–Trinajstić information content (AvgIpc) is 2.64. The van der Waals surface area contributed by atoms with E-state index in [0.717, 1.165) is 0 Å². The Morgan fingerprint density at radius 3 is 2.64 bits per heavy atom. The van der Waals surface area contributed by atoms with Gasteiger partial charge in [0, 0.05) is 5.02 Å². The van der Waals surface area contributed by atoms with Crippen LogP contribution in [0.3, 0.4) is 0 Å². The van der Waals surface area contributed by atoms with Gasteiger partial charge in [0.05, 0.1) is 17.3 Å². The Labute approximate surface area is 170 Å². The van der Waals surface area contributed by atoms with E-state index in [0.29, 0.717) is 10.6 Å². The number of alkyl halides is 2. The molecule has 0 fully saturated rings. The van der Waals surface area contributed by atoms with Crippen molar-refractivity contribution in [3.63, 3.8) is 0 Å². The SMILES string of the molecule is CCOc1cc(/C=C(\C#N)C(=O)Nc2cc(Cl)ccc2Cl)ccc1OC(F)F. The van der Waals surface area contributed by atoms with Crippen LogP contribution >= 0.6 is 23.2 Å². The lowest BCUT2D eigenvalue weighted by Gasteiger charge is -2.12. The van der Waals surface area contributed by atoms with Crippen LogP contribution in [0.2, 0.25) is 10.0 Å². The number of nitrogens with zero attached hydrogens (tertiary/aromatic N) is 1. The number of anilines is 1. The van der Waals surface area contributed by atoms with E-state index in [2.05, 4.69) is 10.1 Å². The highest BCUT2D eigenvalue weighted by Crippen LogP contribution is 2.31. The molecule has 146 valence electrons. The Bertz CT molecular complexity index is 943. The fraction of sp³-hybridized carbons (Fsp3) is 0.158. The molecule has 9 heteroatoms. The van der Waals surface area contributed by atoms with Crippen LogP contribution in [-0.4, -0.2) is 19.1 Å². The van der Waals surface area contributed by atoms with Crippen molar-refractivity contribution in [3.05, 3.63) is 57.6 Å². The summed E-state index contributed by atoms with van der Waals surface area (Å²) in [4.78, 5) is 12.4. The minimum Gasteiger partial charge on any atom is -0.490 e. The Morgan fingerprint density at radius 2 is 2.00 bits per heavy atom. The number of nitrogens with one attached hydrogen (secondary N) is 1. The smallest absolute Gasteiger partial charge is 0.387 e. The fourth-order valence-corrected chi connectivity index (χ4v) is 2.51. The summed E-state index contributed by atoms with van der Waals surface area (Å²) in [6.45, 7) is -1.12. The second-order valence-electron chi connectivity index (χ2n) is 5.27. The van der Waals surface area contributed by atoms with Crippen LogP contribution < -0.4 is 14.8 Å². The van der Waals surface area contributed by atoms with Crippen molar-refractivity contribution in [2.75, 3.05) is 11.9 Å². The van der Waals surface area contributed by atoms with Crippen molar-refractivity contribution >= 4 is 40.9 Å². The highest BCUT2D eigenvalue weighted by Gasteiger charge is 2.14. The zero-order valence-corrected chi connectivity index (χ0v) is 16.0. The molecule has 28 heavy (non-hydrogen) atoms. The summed E-state index contributed by atoms with van der Waals surface area (Å²) in [5.74, 6) is -0.799. The first-order valence-electron chi connectivity index (χ1n) is 7.94. The molecule has 5 nitrogen and oxygen atoms in total. The number of halogens is 4. The lowest BCUT2D eigenvalue weighted by atomic mass is 10.1. The molecule has 0 aliphatic rings. The number of benzene rings is 2. The summed E-state index contributed by atoms with van der Waals surface area (Å²) < 4.78 is 34.6. The Hall–Kier alpha value is -2.82. The standard InChI is InChI=1S/C19H14Cl2F2N2O3/c1-2-27-17-8-11(3-6-16(17)28-19(22)23)7-12(10-24)18(26)25-15-9-13(20)4-5-14(15)21/h3-9,19H,2H2,1H3,(H,25,26)/b12-7+. The first-order valence-corrected chi connectivity index (χ1v) is 8.69. The zero-order valence-electron chi connectivity index (χ0n) is 14.5. The Kier molecular flexibility index (Phi) is 7.61. The second kappa shape index (κ2) is 9.93. The van der Waals surface area contributed by atoms with Crippen LogP contribution in [0, 0.1) is 11.3 Å². The van der Waals surface area contributed by atoms with Gasteiger partial charge in [-0.3, -0.25) is 4.79 Å². The van der Waals surface area contributed by atoms with Gasteiger partial charge in [0.1, 0.15) is 11.6 Å².